The number of nitriles is 1. The molecule has 8 heteroatoms. The zero-order chi connectivity index (χ0) is 23.2. The smallest absolute Gasteiger partial charge is 0.319 e. The van der Waals surface area contributed by atoms with Crippen molar-refractivity contribution in [2.24, 2.45) is 0 Å². The Labute approximate surface area is 191 Å². The molecule has 0 aliphatic carbocycles. The van der Waals surface area contributed by atoms with E-state index in [1.807, 2.05) is 49.3 Å². The lowest BCUT2D eigenvalue weighted by Crippen LogP contribution is -2.28. The number of hydrogen-bond donors (Lipinski definition) is 2. The molecular formula is C25H22N6O2. The van der Waals surface area contributed by atoms with Gasteiger partial charge in [0, 0.05) is 32.0 Å². The van der Waals surface area contributed by atoms with Crippen molar-refractivity contribution >= 4 is 28.3 Å². The Balaban J connectivity index is 1.37. The molecular weight excluding hydrogens is 416 g/mol. The summed E-state index contributed by atoms with van der Waals surface area (Å²) in [6.45, 7) is 0.356. The first-order chi connectivity index (χ1) is 16.0. The van der Waals surface area contributed by atoms with E-state index in [1.165, 1.54) is 6.33 Å². The van der Waals surface area contributed by atoms with Crippen LogP contribution in [0.3, 0.4) is 0 Å². The highest BCUT2D eigenvalue weighted by Crippen LogP contribution is 2.29. The van der Waals surface area contributed by atoms with Crippen molar-refractivity contribution in [2.75, 3.05) is 24.3 Å². The fraction of sp³-hybridized carbons (Fsp3) is 0.120. The zero-order valence-corrected chi connectivity index (χ0v) is 18.2. The number of nitrogens with one attached hydrogen (secondary N) is 2. The lowest BCUT2D eigenvalue weighted by Gasteiger charge is -2.13. The Kier molecular flexibility index (Phi) is 6.32. The number of benzene rings is 3. The SMILES string of the molecule is CN(C)c1ccc2c(Oc3ccc(NC(=O)NCc4ccc(C#N)cc4)cc3)ncnc2c1. The maximum absolute atomic E-state index is 12.2. The molecule has 2 N–H and O–H groups in total. The van der Waals surface area contributed by atoms with E-state index in [0.29, 0.717) is 29.4 Å². The molecule has 0 aliphatic rings. The molecule has 1 heterocycles. The van der Waals surface area contributed by atoms with Gasteiger partial charge in [0.2, 0.25) is 5.88 Å². The van der Waals surface area contributed by atoms with Gasteiger partial charge >= 0.3 is 6.03 Å². The van der Waals surface area contributed by atoms with E-state index in [4.69, 9.17) is 10.00 Å². The summed E-state index contributed by atoms with van der Waals surface area (Å²) in [5, 5.41) is 15.2. The standard InChI is InChI=1S/C25H22N6O2/c1-31(2)20-9-12-22-23(13-20)28-16-29-24(22)33-21-10-7-19(8-11-21)30-25(32)27-15-18-5-3-17(14-26)4-6-18/h3-13,16H,15H2,1-2H3,(H2,27,30,32). The van der Waals surface area contributed by atoms with Gasteiger partial charge in [0.05, 0.1) is 22.5 Å². The van der Waals surface area contributed by atoms with Crippen LogP contribution in [0.4, 0.5) is 16.2 Å². The summed E-state index contributed by atoms with van der Waals surface area (Å²) in [6, 6.07) is 21.7. The van der Waals surface area contributed by atoms with Crippen molar-refractivity contribution in [1.82, 2.24) is 15.3 Å². The molecule has 4 aromatic rings. The van der Waals surface area contributed by atoms with Crippen LogP contribution in [0.5, 0.6) is 11.6 Å². The summed E-state index contributed by atoms with van der Waals surface area (Å²) in [6.07, 6.45) is 1.48. The highest BCUT2D eigenvalue weighted by Gasteiger charge is 2.09. The van der Waals surface area contributed by atoms with Crippen LogP contribution in [-0.2, 0) is 6.54 Å². The fourth-order valence-electron chi connectivity index (χ4n) is 3.15. The monoisotopic (exact) mass is 438 g/mol. The largest absolute Gasteiger partial charge is 0.438 e. The Bertz CT molecular complexity index is 1310. The minimum atomic E-state index is -0.327. The molecule has 0 saturated heterocycles. The van der Waals surface area contributed by atoms with Gasteiger partial charge in [0.15, 0.2) is 0 Å². The van der Waals surface area contributed by atoms with Gasteiger partial charge < -0.3 is 20.3 Å². The van der Waals surface area contributed by atoms with Crippen LogP contribution >= 0.6 is 0 Å². The third-order valence-electron chi connectivity index (χ3n) is 4.96. The van der Waals surface area contributed by atoms with E-state index in [0.717, 1.165) is 22.2 Å². The molecule has 3 aromatic carbocycles. The van der Waals surface area contributed by atoms with E-state index in [9.17, 15) is 4.79 Å². The second-order valence-electron chi connectivity index (χ2n) is 7.52. The highest BCUT2D eigenvalue weighted by molar-refractivity contribution is 5.89. The fourth-order valence-corrected chi connectivity index (χ4v) is 3.15. The number of carbonyl (C=O) groups is 1. The molecule has 0 atom stereocenters. The predicted octanol–water partition coefficient (Wildman–Crippen LogP) is 4.68. The third-order valence-corrected chi connectivity index (χ3v) is 4.96. The van der Waals surface area contributed by atoms with Crippen molar-refractivity contribution < 1.29 is 9.53 Å². The average Bonchev–Trinajstić information content (AvgIpc) is 2.84. The van der Waals surface area contributed by atoms with E-state index < -0.39 is 0 Å². The quantitative estimate of drug-likeness (QED) is 0.453. The Morgan fingerprint density at radius 1 is 1.03 bits per heavy atom. The average molecular weight is 438 g/mol. The topological polar surface area (TPSA) is 103 Å². The number of hydrogen-bond acceptors (Lipinski definition) is 6. The number of urea groups is 1. The van der Waals surface area contributed by atoms with Crippen molar-refractivity contribution in [3.8, 4) is 17.7 Å². The second kappa shape index (κ2) is 9.66. The second-order valence-corrected chi connectivity index (χ2v) is 7.52. The molecule has 1 aromatic heterocycles. The number of carbonyl (C=O) groups excluding carboxylic acids is 1. The van der Waals surface area contributed by atoms with Crippen LogP contribution in [-0.4, -0.2) is 30.1 Å². The highest BCUT2D eigenvalue weighted by atomic mass is 16.5. The molecule has 0 fully saturated rings. The Hall–Kier alpha value is -4.64. The number of aromatic nitrogens is 2. The van der Waals surface area contributed by atoms with E-state index in [1.54, 1.807) is 36.4 Å². The number of rotatable bonds is 6. The van der Waals surface area contributed by atoms with Crippen molar-refractivity contribution in [3.63, 3.8) is 0 Å². The first-order valence-corrected chi connectivity index (χ1v) is 10.3. The Morgan fingerprint density at radius 3 is 2.48 bits per heavy atom. The van der Waals surface area contributed by atoms with E-state index in [2.05, 4.69) is 26.7 Å². The minimum Gasteiger partial charge on any atom is -0.438 e. The van der Waals surface area contributed by atoms with Crippen LogP contribution in [0.25, 0.3) is 10.9 Å². The summed E-state index contributed by atoms with van der Waals surface area (Å²) in [5.41, 5.74) is 3.95. The molecule has 0 saturated carbocycles. The maximum Gasteiger partial charge on any atom is 0.319 e. The molecule has 2 amide bonds. The molecule has 0 spiro atoms. The van der Waals surface area contributed by atoms with Gasteiger partial charge in [-0.15, -0.1) is 0 Å². The summed E-state index contributed by atoms with van der Waals surface area (Å²) in [7, 11) is 3.95. The van der Waals surface area contributed by atoms with Gasteiger partial charge in [-0.3, -0.25) is 0 Å². The van der Waals surface area contributed by atoms with Crippen molar-refractivity contribution in [1.29, 1.82) is 5.26 Å². The number of amides is 2. The van der Waals surface area contributed by atoms with Gasteiger partial charge in [-0.2, -0.15) is 5.26 Å². The number of anilines is 2. The number of fused-ring (bicyclic) bond motifs is 1. The molecule has 8 nitrogen and oxygen atoms in total. The van der Waals surface area contributed by atoms with Crippen LogP contribution in [0, 0.1) is 11.3 Å². The molecule has 33 heavy (non-hydrogen) atoms. The van der Waals surface area contributed by atoms with Gasteiger partial charge in [-0.1, -0.05) is 12.1 Å². The molecule has 0 bridgehead atoms. The van der Waals surface area contributed by atoms with Gasteiger partial charge in [0.25, 0.3) is 0 Å². The molecule has 0 radical (unpaired) electrons. The third kappa shape index (κ3) is 5.35. The first-order valence-electron chi connectivity index (χ1n) is 10.3. The normalized spacial score (nSPS) is 10.3. The van der Waals surface area contributed by atoms with E-state index >= 15 is 0 Å². The number of nitrogens with zero attached hydrogens (tertiary/aromatic N) is 4. The Morgan fingerprint density at radius 2 is 1.79 bits per heavy atom. The maximum atomic E-state index is 12.2. The number of ether oxygens (including phenoxy) is 1. The lowest BCUT2D eigenvalue weighted by atomic mass is 10.1. The van der Waals surface area contributed by atoms with Gasteiger partial charge in [-0.25, -0.2) is 14.8 Å². The molecule has 0 unspecified atom stereocenters. The predicted molar refractivity (Wildman–Crippen MR) is 127 cm³/mol. The summed E-state index contributed by atoms with van der Waals surface area (Å²) < 4.78 is 5.96. The molecule has 164 valence electrons. The van der Waals surface area contributed by atoms with E-state index in [-0.39, 0.29) is 6.03 Å². The van der Waals surface area contributed by atoms with Gasteiger partial charge in [0.1, 0.15) is 12.1 Å². The summed E-state index contributed by atoms with van der Waals surface area (Å²) >= 11 is 0. The minimum absolute atomic E-state index is 0.327. The summed E-state index contributed by atoms with van der Waals surface area (Å²) in [4.78, 5) is 22.8. The summed E-state index contributed by atoms with van der Waals surface area (Å²) in [5.74, 6) is 1.06. The van der Waals surface area contributed by atoms with Crippen LogP contribution in [0.15, 0.2) is 73.1 Å². The van der Waals surface area contributed by atoms with Crippen molar-refractivity contribution in [3.05, 3.63) is 84.2 Å². The molecule has 0 aliphatic heterocycles. The van der Waals surface area contributed by atoms with Crippen LogP contribution in [0.1, 0.15) is 11.1 Å². The molecule has 4 rings (SSSR count). The van der Waals surface area contributed by atoms with Crippen LogP contribution < -0.4 is 20.3 Å². The van der Waals surface area contributed by atoms with Gasteiger partial charge in [-0.05, 0) is 60.2 Å². The zero-order valence-electron chi connectivity index (χ0n) is 18.2. The first kappa shape index (κ1) is 21.6. The van der Waals surface area contributed by atoms with Crippen molar-refractivity contribution in [2.45, 2.75) is 6.54 Å². The van der Waals surface area contributed by atoms with Crippen LogP contribution in [0.2, 0.25) is 0 Å². The lowest BCUT2D eigenvalue weighted by molar-refractivity contribution is 0.251.